The van der Waals surface area contributed by atoms with Gasteiger partial charge < -0.3 is 9.26 Å². The van der Waals surface area contributed by atoms with Crippen LogP contribution in [0.4, 0.5) is 0 Å². The molecule has 0 fully saturated rings. The SMILES string of the molecule is C[C@H](NP(=O)(Oc1cccc2ccccc12)C(C)(C)C)C(=O)COC(C)(C)C. The average Bonchev–Trinajstić information content (AvgIpc) is 2.58. The van der Waals surface area contributed by atoms with Crippen molar-refractivity contribution in [1.82, 2.24) is 5.09 Å². The summed E-state index contributed by atoms with van der Waals surface area (Å²) in [6, 6.07) is 12.8. The number of hydrogen-bond donors (Lipinski definition) is 1. The molecule has 0 saturated heterocycles. The molecule has 2 aromatic rings. The van der Waals surface area contributed by atoms with Crippen molar-refractivity contribution < 1.29 is 18.6 Å². The van der Waals surface area contributed by atoms with Gasteiger partial charge in [0.2, 0.25) is 0 Å². The fourth-order valence-electron chi connectivity index (χ4n) is 2.51. The van der Waals surface area contributed by atoms with Crippen LogP contribution in [0.2, 0.25) is 0 Å². The van der Waals surface area contributed by atoms with E-state index in [2.05, 4.69) is 5.09 Å². The predicted octanol–water partition coefficient (Wildman–Crippen LogP) is 5.57. The van der Waals surface area contributed by atoms with Gasteiger partial charge >= 0.3 is 7.52 Å². The first-order valence-electron chi connectivity index (χ1n) is 9.54. The van der Waals surface area contributed by atoms with E-state index in [-0.39, 0.29) is 12.4 Å². The predicted molar refractivity (Wildman–Crippen MR) is 115 cm³/mol. The normalized spacial score (nSPS) is 15.8. The number of carbonyl (C=O) groups excluding carboxylic acids is 1. The van der Waals surface area contributed by atoms with Crippen LogP contribution in [-0.2, 0) is 14.1 Å². The second kappa shape index (κ2) is 8.36. The molecule has 0 spiro atoms. The highest BCUT2D eigenvalue weighted by atomic mass is 31.2. The Balaban J connectivity index is 2.27. The summed E-state index contributed by atoms with van der Waals surface area (Å²) < 4.78 is 25.5. The van der Waals surface area contributed by atoms with E-state index in [0.717, 1.165) is 10.8 Å². The smallest absolute Gasteiger partial charge is 0.322 e. The molecule has 2 atom stereocenters. The van der Waals surface area contributed by atoms with Crippen LogP contribution in [0, 0.1) is 0 Å². The Morgan fingerprint density at radius 1 is 1.04 bits per heavy atom. The highest BCUT2D eigenvalue weighted by molar-refractivity contribution is 7.59. The van der Waals surface area contributed by atoms with Gasteiger partial charge in [-0.2, -0.15) is 0 Å². The maximum atomic E-state index is 13.8. The van der Waals surface area contributed by atoms with Gasteiger partial charge in [0.25, 0.3) is 0 Å². The maximum absolute atomic E-state index is 13.8. The third-order valence-corrected chi connectivity index (χ3v) is 7.30. The zero-order valence-electron chi connectivity index (χ0n) is 17.9. The first-order valence-corrected chi connectivity index (χ1v) is 11.2. The number of ketones is 1. The summed E-state index contributed by atoms with van der Waals surface area (Å²) in [5.41, 5.74) is -0.414. The van der Waals surface area contributed by atoms with Crippen LogP contribution in [0.3, 0.4) is 0 Å². The second-order valence-electron chi connectivity index (χ2n) is 9.01. The zero-order valence-corrected chi connectivity index (χ0v) is 18.8. The van der Waals surface area contributed by atoms with Gasteiger partial charge in [-0.25, -0.2) is 5.09 Å². The number of ether oxygens (including phenoxy) is 1. The first kappa shape index (κ1) is 22.6. The second-order valence-corrected chi connectivity index (χ2v) is 11.9. The zero-order chi connectivity index (χ0) is 21.2. The molecule has 6 heteroatoms. The van der Waals surface area contributed by atoms with Crippen LogP contribution >= 0.6 is 7.52 Å². The third-order valence-electron chi connectivity index (χ3n) is 4.35. The van der Waals surface area contributed by atoms with E-state index in [1.54, 1.807) is 13.0 Å². The summed E-state index contributed by atoms with van der Waals surface area (Å²) in [5.74, 6) is 0.371. The number of hydrogen-bond acceptors (Lipinski definition) is 4. The minimum Gasteiger partial charge on any atom is -0.432 e. The molecule has 0 amide bonds. The maximum Gasteiger partial charge on any atom is 0.322 e. The first-order chi connectivity index (χ1) is 12.8. The van der Waals surface area contributed by atoms with Gasteiger partial charge in [0, 0.05) is 5.39 Å². The van der Waals surface area contributed by atoms with Crippen LogP contribution in [0.5, 0.6) is 5.75 Å². The number of carbonyl (C=O) groups is 1. The van der Waals surface area contributed by atoms with E-state index in [0.29, 0.717) is 5.75 Å². The Labute approximate surface area is 168 Å². The van der Waals surface area contributed by atoms with E-state index < -0.39 is 24.3 Å². The molecule has 2 aromatic carbocycles. The summed E-state index contributed by atoms with van der Waals surface area (Å²) >= 11 is 0. The molecule has 28 heavy (non-hydrogen) atoms. The van der Waals surface area contributed by atoms with E-state index in [4.69, 9.17) is 9.26 Å². The molecule has 0 aliphatic rings. The van der Waals surface area contributed by atoms with E-state index in [9.17, 15) is 9.36 Å². The molecule has 0 heterocycles. The molecule has 0 saturated carbocycles. The monoisotopic (exact) mass is 405 g/mol. The van der Waals surface area contributed by atoms with Gasteiger partial charge in [-0.3, -0.25) is 9.36 Å². The number of nitrogens with one attached hydrogen (secondary N) is 1. The van der Waals surface area contributed by atoms with Crippen molar-refractivity contribution in [3.05, 3.63) is 42.5 Å². The fourth-order valence-corrected chi connectivity index (χ4v) is 4.31. The number of Topliss-reactive ketones (excluding diaryl/α,β-unsaturated/α-hetero) is 1. The molecule has 1 N–H and O–H groups in total. The van der Waals surface area contributed by atoms with Crippen LogP contribution in [0.1, 0.15) is 48.5 Å². The van der Waals surface area contributed by atoms with E-state index in [1.165, 1.54) is 0 Å². The van der Waals surface area contributed by atoms with Gasteiger partial charge in [-0.15, -0.1) is 0 Å². The summed E-state index contributed by atoms with van der Waals surface area (Å²) in [4.78, 5) is 12.5. The van der Waals surface area contributed by atoms with Crippen LogP contribution in [0.25, 0.3) is 10.8 Å². The average molecular weight is 405 g/mol. The Bertz CT molecular complexity index is 875. The van der Waals surface area contributed by atoms with Crippen LogP contribution < -0.4 is 9.61 Å². The van der Waals surface area contributed by atoms with Crippen molar-refractivity contribution in [2.75, 3.05) is 6.61 Å². The third kappa shape index (κ3) is 5.66. The highest BCUT2D eigenvalue weighted by Crippen LogP contribution is 2.56. The Hall–Kier alpha value is -1.68. The van der Waals surface area contributed by atoms with E-state index in [1.807, 2.05) is 77.9 Å². The van der Waals surface area contributed by atoms with Gasteiger partial charge in [0.1, 0.15) is 12.4 Å². The lowest BCUT2D eigenvalue weighted by Gasteiger charge is -2.33. The molecule has 0 aliphatic carbocycles. The Morgan fingerprint density at radius 2 is 1.64 bits per heavy atom. The Kier molecular flexibility index (Phi) is 6.75. The van der Waals surface area contributed by atoms with Crippen molar-refractivity contribution in [3.63, 3.8) is 0 Å². The Morgan fingerprint density at radius 3 is 2.25 bits per heavy atom. The standard InChI is InChI=1S/C22H32NO4P/c1-16(19(24)15-26-21(2,3)4)23-28(25,22(5,6)7)27-20-14-10-12-17-11-8-9-13-18(17)20/h8-14,16H,15H2,1-7H3,(H,23,25)/t16-,28?/m0/s1. The van der Waals surface area contributed by atoms with Crippen molar-refractivity contribution in [2.24, 2.45) is 0 Å². The minimum atomic E-state index is -3.43. The molecular formula is C22H32NO4P. The van der Waals surface area contributed by atoms with Crippen molar-refractivity contribution in [2.45, 2.75) is 65.3 Å². The molecule has 0 bridgehead atoms. The largest absolute Gasteiger partial charge is 0.432 e. The summed E-state index contributed by atoms with van der Waals surface area (Å²) in [6.45, 7) is 12.8. The molecule has 0 aliphatic heterocycles. The van der Waals surface area contributed by atoms with Gasteiger partial charge in [-0.1, -0.05) is 36.4 Å². The van der Waals surface area contributed by atoms with Crippen molar-refractivity contribution in [1.29, 1.82) is 0 Å². The summed E-state index contributed by atoms with van der Waals surface area (Å²) in [5, 5.41) is 4.17. The topological polar surface area (TPSA) is 64.6 Å². The lowest BCUT2D eigenvalue weighted by atomic mass is 10.1. The summed E-state index contributed by atoms with van der Waals surface area (Å²) in [7, 11) is -3.43. The molecule has 0 aromatic heterocycles. The molecule has 154 valence electrons. The quantitative estimate of drug-likeness (QED) is 0.610. The minimum absolute atomic E-state index is 0.0456. The molecule has 5 nitrogen and oxygen atoms in total. The number of benzene rings is 2. The number of rotatable bonds is 7. The lowest BCUT2D eigenvalue weighted by molar-refractivity contribution is -0.129. The highest BCUT2D eigenvalue weighted by Gasteiger charge is 2.42. The van der Waals surface area contributed by atoms with Gasteiger partial charge in [0.05, 0.1) is 16.8 Å². The summed E-state index contributed by atoms with van der Waals surface area (Å²) in [6.07, 6.45) is 0. The molecular weight excluding hydrogens is 373 g/mol. The van der Waals surface area contributed by atoms with Crippen LogP contribution in [0.15, 0.2) is 42.5 Å². The van der Waals surface area contributed by atoms with Crippen molar-refractivity contribution >= 4 is 24.1 Å². The number of fused-ring (bicyclic) bond motifs is 1. The van der Waals surface area contributed by atoms with E-state index >= 15 is 0 Å². The molecule has 2 rings (SSSR count). The van der Waals surface area contributed by atoms with Crippen molar-refractivity contribution in [3.8, 4) is 5.75 Å². The molecule has 0 radical (unpaired) electrons. The molecule has 1 unspecified atom stereocenters. The lowest BCUT2D eigenvalue weighted by Crippen LogP contribution is -2.41. The van der Waals surface area contributed by atoms with Gasteiger partial charge in [0.15, 0.2) is 5.78 Å². The van der Waals surface area contributed by atoms with Crippen LogP contribution in [-0.4, -0.2) is 29.2 Å². The van der Waals surface area contributed by atoms with Gasteiger partial charge in [-0.05, 0) is 59.9 Å². The fraction of sp³-hybridized carbons (Fsp3) is 0.500.